The number of carbonyl (C=O) groups is 2. The number of ketones is 1. The second-order valence-electron chi connectivity index (χ2n) is 3.34. The van der Waals surface area contributed by atoms with Crippen LogP contribution in [0.3, 0.4) is 0 Å². The highest BCUT2D eigenvalue weighted by Gasteiger charge is 2.08. The quantitative estimate of drug-likeness (QED) is 0.617. The SMILES string of the molecule is CCCC(=O)OCC(=O)c1ccc(Br)cc1. The maximum atomic E-state index is 11.6. The fraction of sp³-hybridized carbons (Fsp3) is 0.333. The molecule has 1 rings (SSSR count). The third-order valence-corrected chi connectivity index (χ3v) is 2.51. The molecule has 0 radical (unpaired) electrons. The van der Waals surface area contributed by atoms with Gasteiger partial charge in [0.1, 0.15) is 0 Å². The summed E-state index contributed by atoms with van der Waals surface area (Å²) in [6.45, 7) is 1.71. The molecule has 1 aromatic carbocycles. The maximum absolute atomic E-state index is 11.6. The summed E-state index contributed by atoms with van der Waals surface area (Å²) < 4.78 is 5.74. The van der Waals surface area contributed by atoms with Crippen molar-refractivity contribution >= 4 is 27.7 Å². The summed E-state index contributed by atoms with van der Waals surface area (Å²) in [7, 11) is 0. The van der Waals surface area contributed by atoms with Crippen LogP contribution in [-0.4, -0.2) is 18.4 Å². The molecule has 0 amide bonds. The van der Waals surface area contributed by atoms with Crippen LogP contribution in [0, 0.1) is 0 Å². The van der Waals surface area contributed by atoms with Crippen molar-refractivity contribution in [3.8, 4) is 0 Å². The third-order valence-electron chi connectivity index (χ3n) is 1.98. The molecule has 0 aliphatic carbocycles. The fourth-order valence-corrected chi connectivity index (χ4v) is 1.41. The second kappa shape index (κ2) is 6.43. The summed E-state index contributed by atoms with van der Waals surface area (Å²) in [5, 5.41) is 0. The van der Waals surface area contributed by atoms with Crippen LogP contribution in [0.15, 0.2) is 28.7 Å². The molecule has 0 spiro atoms. The van der Waals surface area contributed by atoms with E-state index in [0.29, 0.717) is 12.0 Å². The van der Waals surface area contributed by atoms with Crippen LogP contribution in [-0.2, 0) is 9.53 Å². The molecule has 3 nitrogen and oxygen atoms in total. The highest BCUT2D eigenvalue weighted by atomic mass is 79.9. The molecule has 0 bridgehead atoms. The molecule has 0 aromatic heterocycles. The lowest BCUT2D eigenvalue weighted by molar-refractivity contribution is -0.142. The normalized spacial score (nSPS) is 9.88. The Balaban J connectivity index is 2.47. The zero-order chi connectivity index (χ0) is 12.0. The summed E-state index contributed by atoms with van der Waals surface area (Å²) in [6.07, 6.45) is 1.08. The molecule has 0 N–H and O–H groups in total. The van der Waals surface area contributed by atoms with Crippen molar-refractivity contribution < 1.29 is 14.3 Å². The Labute approximate surface area is 103 Å². The fourth-order valence-electron chi connectivity index (χ4n) is 1.14. The summed E-state index contributed by atoms with van der Waals surface area (Å²) >= 11 is 3.28. The van der Waals surface area contributed by atoms with E-state index in [2.05, 4.69) is 15.9 Å². The van der Waals surface area contributed by atoms with Crippen molar-refractivity contribution in [2.45, 2.75) is 19.8 Å². The number of carbonyl (C=O) groups excluding carboxylic acids is 2. The highest BCUT2D eigenvalue weighted by Crippen LogP contribution is 2.11. The number of ether oxygens (including phenoxy) is 1. The van der Waals surface area contributed by atoms with Crippen molar-refractivity contribution in [3.05, 3.63) is 34.3 Å². The molecule has 4 heteroatoms. The number of hydrogen-bond donors (Lipinski definition) is 0. The molecular weight excluding hydrogens is 272 g/mol. The van der Waals surface area contributed by atoms with E-state index in [-0.39, 0.29) is 18.4 Å². The molecule has 0 unspecified atom stereocenters. The van der Waals surface area contributed by atoms with Gasteiger partial charge in [-0.2, -0.15) is 0 Å². The van der Waals surface area contributed by atoms with Gasteiger partial charge >= 0.3 is 5.97 Å². The van der Waals surface area contributed by atoms with Gasteiger partial charge in [0.2, 0.25) is 0 Å². The molecule has 0 fully saturated rings. The van der Waals surface area contributed by atoms with Crippen LogP contribution in [0.2, 0.25) is 0 Å². The van der Waals surface area contributed by atoms with Crippen molar-refractivity contribution in [3.63, 3.8) is 0 Å². The first kappa shape index (κ1) is 12.9. The second-order valence-corrected chi connectivity index (χ2v) is 4.26. The van der Waals surface area contributed by atoms with Crippen molar-refractivity contribution in [1.29, 1.82) is 0 Å². The lowest BCUT2D eigenvalue weighted by Crippen LogP contribution is -2.13. The van der Waals surface area contributed by atoms with Crippen LogP contribution in [0.5, 0.6) is 0 Å². The average molecular weight is 285 g/mol. The standard InChI is InChI=1S/C12H13BrO3/c1-2-3-12(15)16-8-11(14)9-4-6-10(13)7-5-9/h4-7H,2-3,8H2,1H3. The van der Waals surface area contributed by atoms with E-state index in [9.17, 15) is 9.59 Å². The molecule has 0 aliphatic rings. The van der Waals surface area contributed by atoms with Gasteiger partial charge in [-0.15, -0.1) is 0 Å². The molecule has 0 saturated heterocycles. The van der Waals surface area contributed by atoms with Gasteiger partial charge in [0.15, 0.2) is 12.4 Å². The molecule has 0 aliphatic heterocycles. The van der Waals surface area contributed by atoms with Gasteiger partial charge in [0.05, 0.1) is 0 Å². The maximum Gasteiger partial charge on any atom is 0.306 e. The molecule has 16 heavy (non-hydrogen) atoms. The van der Waals surface area contributed by atoms with E-state index in [4.69, 9.17) is 4.74 Å². The zero-order valence-corrected chi connectivity index (χ0v) is 10.6. The Morgan fingerprint density at radius 1 is 1.25 bits per heavy atom. The molecular formula is C12H13BrO3. The Bertz CT molecular complexity index is 370. The average Bonchev–Trinajstić information content (AvgIpc) is 2.27. The molecule has 0 atom stereocenters. The first-order valence-corrected chi connectivity index (χ1v) is 5.87. The minimum atomic E-state index is -0.326. The third kappa shape index (κ3) is 4.14. The van der Waals surface area contributed by atoms with Gasteiger partial charge < -0.3 is 4.74 Å². The van der Waals surface area contributed by atoms with E-state index in [0.717, 1.165) is 10.9 Å². The molecule has 86 valence electrons. The smallest absolute Gasteiger partial charge is 0.306 e. The Morgan fingerprint density at radius 3 is 2.44 bits per heavy atom. The summed E-state index contributed by atoms with van der Waals surface area (Å²) in [5.41, 5.74) is 0.549. The van der Waals surface area contributed by atoms with Crippen molar-refractivity contribution in [1.82, 2.24) is 0 Å². The monoisotopic (exact) mass is 284 g/mol. The predicted molar refractivity (Wildman–Crippen MR) is 64.3 cm³/mol. The number of Topliss-reactive ketones (excluding diaryl/α,β-unsaturated/α-hetero) is 1. The van der Waals surface area contributed by atoms with Crippen LogP contribution in [0.25, 0.3) is 0 Å². The van der Waals surface area contributed by atoms with Gasteiger partial charge in [-0.3, -0.25) is 9.59 Å². The largest absolute Gasteiger partial charge is 0.457 e. The highest BCUT2D eigenvalue weighted by molar-refractivity contribution is 9.10. The number of rotatable bonds is 5. The number of halogens is 1. The van der Waals surface area contributed by atoms with E-state index in [1.807, 2.05) is 6.92 Å². The van der Waals surface area contributed by atoms with Gasteiger partial charge in [0.25, 0.3) is 0 Å². The summed E-state index contributed by atoms with van der Waals surface area (Å²) in [5.74, 6) is -0.509. The molecule has 0 saturated carbocycles. The van der Waals surface area contributed by atoms with E-state index in [1.165, 1.54) is 0 Å². The number of benzene rings is 1. The first-order chi connectivity index (χ1) is 7.63. The van der Waals surface area contributed by atoms with Gasteiger partial charge in [-0.05, 0) is 18.6 Å². The van der Waals surface area contributed by atoms with Crippen LogP contribution >= 0.6 is 15.9 Å². The lowest BCUT2D eigenvalue weighted by atomic mass is 10.1. The predicted octanol–water partition coefficient (Wildman–Crippen LogP) is 2.98. The van der Waals surface area contributed by atoms with Crippen LogP contribution in [0.4, 0.5) is 0 Å². The minimum Gasteiger partial charge on any atom is -0.457 e. The molecule has 0 heterocycles. The lowest BCUT2D eigenvalue weighted by Gasteiger charge is -2.03. The zero-order valence-electron chi connectivity index (χ0n) is 9.03. The van der Waals surface area contributed by atoms with E-state index in [1.54, 1.807) is 24.3 Å². The van der Waals surface area contributed by atoms with E-state index < -0.39 is 0 Å². The van der Waals surface area contributed by atoms with Gasteiger partial charge in [0, 0.05) is 16.5 Å². The summed E-state index contributed by atoms with van der Waals surface area (Å²) in [6, 6.07) is 6.95. The molecule has 1 aromatic rings. The number of hydrogen-bond acceptors (Lipinski definition) is 3. The summed E-state index contributed by atoms with van der Waals surface area (Å²) in [4.78, 5) is 22.6. The van der Waals surface area contributed by atoms with Crippen LogP contribution in [0.1, 0.15) is 30.1 Å². The van der Waals surface area contributed by atoms with Crippen molar-refractivity contribution in [2.75, 3.05) is 6.61 Å². The van der Waals surface area contributed by atoms with Crippen LogP contribution < -0.4 is 0 Å². The number of esters is 1. The topological polar surface area (TPSA) is 43.4 Å². The van der Waals surface area contributed by atoms with Gasteiger partial charge in [-0.1, -0.05) is 35.0 Å². The Kier molecular flexibility index (Phi) is 5.19. The van der Waals surface area contributed by atoms with E-state index >= 15 is 0 Å². The minimum absolute atomic E-state index is 0.180. The van der Waals surface area contributed by atoms with Gasteiger partial charge in [-0.25, -0.2) is 0 Å². The first-order valence-electron chi connectivity index (χ1n) is 5.08. The Hall–Kier alpha value is -1.16. The van der Waals surface area contributed by atoms with Crippen molar-refractivity contribution in [2.24, 2.45) is 0 Å². The Morgan fingerprint density at radius 2 is 1.88 bits per heavy atom.